The van der Waals surface area contributed by atoms with Gasteiger partial charge in [0, 0.05) is 10.2 Å². The van der Waals surface area contributed by atoms with Crippen LogP contribution in [0.25, 0.3) is 0 Å². The first-order chi connectivity index (χ1) is 6.15. The van der Waals surface area contributed by atoms with Crippen LogP contribution in [0, 0.1) is 0 Å². The first-order valence-corrected chi connectivity index (χ1v) is 4.66. The number of carbonyl (C=O) groups excluding carboxylic acids is 1. The summed E-state index contributed by atoms with van der Waals surface area (Å²) in [6.45, 7) is 2.13. The van der Waals surface area contributed by atoms with E-state index in [-0.39, 0.29) is 5.97 Å². The van der Waals surface area contributed by atoms with Crippen LogP contribution < -0.4 is 5.73 Å². The van der Waals surface area contributed by atoms with Crippen LogP contribution >= 0.6 is 15.9 Å². The quantitative estimate of drug-likeness (QED) is 0.640. The highest BCUT2D eigenvalue weighted by Gasteiger charge is 2.07. The van der Waals surface area contributed by atoms with E-state index in [1.165, 1.54) is 0 Å². The molecule has 3 nitrogen and oxygen atoms in total. The molecule has 0 saturated heterocycles. The van der Waals surface area contributed by atoms with Crippen molar-refractivity contribution in [1.82, 2.24) is 0 Å². The molecule has 0 amide bonds. The van der Waals surface area contributed by atoms with Gasteiger partial charge in [-0.2, -0.15) is 0 Å². The lowest BCUT2D eigenvalue weighted by molar-refractivity contribution is 0.0526. The lowest BCUT2D eigenvalue weighted by Gasteiger charge is -2.03. The van der Waals surface area contributed by atoms with Gasteiger partial charge in [-0.25, -0.2) is 4.79 Å². The van der Waals surface area contributed by atoms with Crippen LogP contribution in [0.15, 0.2) is 22.7 Å². The molecule has 0 aliphatic rings. The predicted octanol–water partition coefficient (Wildman–Crippen LogP) is 2.21. The third-order valence-electron chi connectivity index (χ3n) is 1.51. The fourth-order valence-corrected chi connectivity index (χ4v) is 1.13. The molecule has 1 aromatic rings. The average Bonchev–Trinajstić information content (AvgIpc) is 2.10. The van der Waals surface area contributed by atoms with E-state index in [4.69, 9.17) is 10.5 Å². The molecule has 0 aliphatic carbocycles. The molecule has 0 saturated carbocycles. The number of hydrogen-bond acceptors (Lipinski definition) is 3. The van der Waals surface area contributed by atoms with Crippen molar-refractivity contribution < 1.29 is 9.53 Å². The minimum absolute atomic E-state index is 0.346. The Labute approximate surface area is 85.0 Å². The molecule has 0 heterocycles. The summed E-state index contributed by atoms with van der Waals surface area (Å²) in [7, 11) is 0. The highest BCUT2D eigenvalue weighted by Crippen LogP contribution is 2.20. The number of halogens is 1. The first-order valence-electron chi connectivity index (χ1n) is 3.87. The second kappa shape index (κ2) is 4.28. The summed E-state index contributed by atoms with van der Waals surface area (Å²) in [4.78, 5) is 11.2. The van der Waals surface area contributed by atoms with E-state index >= 15 is 0 Å². The van der Waals surface area contributed by atoms with Crippen LogP contribution in [0.3, 0.4) is 0 Å². The highest BCUT2D eigenvalue weighted by molar-refractivity contribution is 9.10. The normalized spacial score (nSPS) is 9.69. The molecule has 13 heavy (non-hydrogen) atoms. The molecule has 2 N–H and O–H groups in total. The van der Waals surface area contributed by atoms with Gasteiger partial charge >= 0.3 is 5.97 Å². The van der Waals surface area contributed by atoms with Gasteiger partial charge in [-0.15, -0.1) is 0 Å². The van der Waals surface area contributed by atoms with Crippen LogP contribution in [-0.4, -0.2) is 12.6 Å². The Bertz CT molecular complexity index is 325. The van der Waals surface area contributed by atoms with Crippen molar-refractivity contribution in [2.45, 2.75) is 6.92 Å². The van der Waals surface area contributed by atoms with E-state index in [0.29, 0.717) is 17.9 Å². The second-order valence-electron chi connectivity index (χ2n) is 2.46. The number of rotatable bonds is 2. The molecule has 1 rings (SSSR count). The van der Waals surface area contributed by atoms with Gasteiger partial charge in [-0.3, -0.25) is 0 Å². The smallest absolute Gasteiger partial charge is 0.338 e. The third-order valence-corrected chi connectivity index (χ3v) is 2.23. The van der Waals surface area contributed by atoms with Crippen LogP contribution in [0.5, 0.6) is 0 Å². The summed E-state index contributed by atoms with van der Waals surface area (Å²) >= 11 is 3.24. The fraction of sp³-hybridized carbons (Fsp3) is 0.222. The zero-order valence-corrected chi connectivity index (χ0v) is 8.80. The second-order valence-corrected chi connectivity index (χ2v) is 3.31. The first kappa shape index (κ1) is 10.1. The minimum Gasteiger partial charge on any atom is -0.462 e. The van der Waals surface area contributed by atoms with Crippen molar-refractivity contribution >= 4 is 27.6 Å². The van der Waals surface area contributed by atoms with Gasteiger partial charge < -0.3 is 10.5 Å². The van der Waals surface area contributed by atoms with Gasteiger partial charge in [-0.05, 0) is 41.1 Å². The average molecular weight is 244 g/mol. The summed E-state index contributed by atoms with van der Waals surface area (Å²) in [5.74, 6) is -0.346. The molecule has 0 radical (unpaired) electrons. The van der Waals surface area contributed by atoms with Gasteiger partial charge in [0.2, 0.25) is 0 Å². The van der Waals surface area contributed by atoms with Crippen molar-refractivity contribution in [2.75, 3.05) is 12.3 Å². The molecule has 0 bridgehead atoms. The molecule has 0 atom stereocenters. The van der Waals surface area contributed by atoms with Crippen molar-refractivity contribution in [3.05, 3.63) is 28.2 Å². The van der Waals surface area contributed by atoms with Crippen LogP contribution in [0.4, 0.5) is 5.69 Å². The third kappa shape index (κ3) is 2.45. The summed E-state index contributed by atoms with van der Waals surface area (Å²) < 4.78 is 5.59. The Morgan fingerprint density at radius 1 is 1.62 bits per heavy atom. The van der Waals surface area contributed by atoms with Gasteiger partial charge in [0.15, 0.2) is 0 Å². The predicted molar refractivity (Wildman–Crippen MR) is 54.5 cm³/mol. The summed E-state index contributed by atoms with van der Waals surface area (Å²) in [6, 6.07) is 4.97. The number of anilines is 1. The van der Waals surface area contributed by atoms with E-state index in [1.807, 2.05) is 0 Å². The summed E-state index contributed by atoms with van der Waals surface area (Å²) in [5.41, 5.74) is 6.61. The molecule has 0 aliphatic heterocycles. The largest absolute Gasteiger partial charge is 0.462 e. The molecule has 0 aromatic heterocycles. The molecule has 70 valence electrons. The molecular formula is C9H10BrNO2. The Balaban J connectivity index is 2.90. The Morgan fingerprint density at radius 2 is 2.31 bits per heavy atom. The van der Waals surface area contributed by atoms with Crippen LogP contribution in [0.1, 0.15) is 17.3 Å². The highest BCUT2D eigenvalue weighted by atomic mass is 79.9. The van der Waals surface area contributed by atoms with E-state index < -0.39 is 0 Å². The molecule has 0 spiro atoms. The van der Waals surface area contributed by atoms with Gasteiger partial charge in [0.25, 0.3) is 0 Å². The zero-order chi connectivity index (χ0) is 9.84. The van der Waals surface area contributed by atoms with Gasteiger partial charge in [-0.1, -0.05) is 0 Å². The van der Waals surface area contributed by atoms with Crippen LogP contribution in [0.2, 0.25) is 0 Å². The van der Waals surface area contributed by atoms with Gasteiger partial charge in [0.05, 0.1) is 12.2 Å². The van der Waals surface area contributed by atoms with Crippen molar-refractivity contribution in [3.63, 3.8) is 0 Å². The molecular weight excluding hydrogens is 234 g/mol. The van der Waals surface area contributed by atoms with Crippen molar-refractivity contribution in [3.8, 4) is 0 Å². The Hall–Kier alpha value is -1.03. The lowest BCUT2D eigenvalue weighted by atomic mass is 10.2. The Kier molecular flexibility index (Phi) is 3.31. The molecule has 4 heteroatoms. The number of esters is 1. The molecule has 1 aromatic carbocycles. The zero-order valence-electron chi connectivity index (χ0n) is 7.21. The van der Waals surface area contributed by atoms with E-state index in [1.54, 1.807) is 25.1 Å². The number of carbonyl (C=O) groups is 1. The maximum atomic E-state index is 11.2. The molecule has 0 fully saturated rings. The van der Waals surface area contributed by atoms with E-state index in [9.17, 15) is 4.79 Å². The fourth-order valence-electron chi connectivity index (χ4n) is 0.885. The monoisotopic (exact) mass is 243 g/mol. The number of benzene rings is 1. The summed E-state index contributed by atoms with van der Waals surface area (Å²) in [6.07, 6.45) is 0. The van der Waals surface area contributed by atoms with E-state index in [2.05, 4.69) is 15.9 Å². The van der Waals surface area contributed by atoms with E-state index in [0.717, 1.165) is 4.47 Å². The summed E-state index contributed by atoms with van der Waals surface area (Å²) in [5, 5.41) is 0. The number of nitrogens with two attached hydrogens (primary N) is 1. The molecule has 0 unspecified atom stereocenters. The van der Waals surface area contributed by atoms with Crippen molar-refractivity contribution in [1.29, 1.82) is 0 Å². The number of ether oxygens (including phenoxy) is 1. The van der Waals surface area contributed by atoms with Gasteiger partial charge in [0.1, 0.15) is 0 Å². The number of hydrogen-bond donors (Lipinski definition) is 1. The SMILES string of the molecule is CCOC(=O)c1ccc(Br)c(N)c1. The van der Waals surface area contributed by atoms with Crippen LogP contribution in [-0.2, 0) is 4.74 Å². The topological polar surface area (TPSA) is 52.3 Å². The lowest BCUT2D eigenvalue weighted by Crippen LogP contribution is -2.05. The maximum absolute atomic E-state index is 11.2. The van der Waals surface area contributed by atoms with Crippen molar-refractivity contribution in [2.24, 2.45) is 0 Å². The minimum atomic E-state index is -0.346. The standard InChI is InChI=1S/C9H10BrNO2/c1-2-13-9(12)6-3-4-7(10)8(11)5-6/h3-5H,2,11H2,1H3. The number of nitrogen functional groups attached to an aromatic ring is 1. The Morgan fingerprint density at radius 3 is 2.85 bits per heavy atom. The maximum Gasteiger partial charge on any atom is 0.338 e.